The smallest absolute Gasteiger partial charge is 0.306 e. The predicted octanol–water partition coefficient (Wildman–Crippen LogP) is 1.88. The largest absolute Gasteiger partial charge is 0.485 e. The lowest BCUT2D eigenvalue weighted by Gasteiger charge is -2.25. The van der Waals surface area contributed by atoms with Crippen molar-refractivity contribution in [2.75, 3.05) is 13.2 Å². The number of hydrazine groups is 1. The Bertz CT molecular complexity index is 702. The van der Waals surface area contributed by atoms with E-state index in [2.05, 4.69) is 10.9 Å². The van der Waals surface area contributed by atoms with Gasteiger partial charge >= 0.3 is 5.97 Å². The third-order valence-corrected chi connectivity index (χ3v) is 4.97. The van der Waals surface area contributed by atoms with Crippen LogP contribution in [0.25, 0.3) is 0 Å². The third kappa shape index (κ3) is 5.87. The lowest BCUT2D eigenvalue weighted by molar-refractivity contribution is -0.149. The van der Waals surface area contributed by atoms with Crippen LogP contribution < -0.4 is 20.3 Å². The second kappa shape index (κ2) is 9.96. The van der Waals surface area contributed by atoms with Gasteiger partial charge in [0.05, 0.1) is 0 Å². The molecule has 0 spiro atoms. The van der Waals surface area contributed by atoms with Crippen LogP contribution in [0, 0.1) is 5.92 Å². The molecule has 8 nitrogen and oxygen atoms in total. The molecule has 0 saturated heterocycles. The number of hydrogen-bond acceptors (Lipinski definition) is 6. The van der Waals surface area contributed by atoms with Gasteiger partial charge in [-0.05, 0) is 24.5 Å². The second-order valence-corrected chi connectivity index (χ2v) is 7.11. The van der Waals surface area contributed by atoms with Crippen molar-refractivity contribution in [3.8, 4) is 11.5 Å². The molecule has 1 aromatic carbocycles. The number of ether oxygens (including phenoxy) is 3. The Kier molecular flexibility index (Phi) is 7.11. The summed E-state index contributed by atoms with van der Waals surface area (Å²) < 4.78 is 16.0. The SMILES string of the molecule is O=C(COC(=O)CCC1CCCCC1)NNC(=O)[C@H]1COc2ccccc2O1. The Morgan fingerprint density at radius 1 is 1.04 bits per heavy atom. The Morgan fingerprint density at radius 2 is 1.79 bits per heavy atom. The number of carbonyl (C=O) groups is 3. The second-order valence-electron chi connectivity index (χ2n) is 7.11. The van der Waals surface area contributed by atoms with Gasteiger partial charge in [0.2, 0.25) is 6.10 Å². The maximum atomic E-state index is 12.1. The molecule has 1 saturated carbocycles. The van der Waals surface area contributed by atoms with Crippen molar-refractivity contribution in [3.05, 3.63) is 24.3 Å². The zero-order valence-electron chi connectivity index (χ0n) is 15.8. The Hall–Kier alpha value is -2.77. The van der Waals surface area contributed by atoms with Crippen LogP contribution in [0.3, 0.4) is 0 Å². The minimum absolute atomic E-state index is 0.0366. The van der Waals surface area contributed by atoms with E-state index in [1.165, 1.54) is 19.3 Å². The van der Waals surface area contributed by atoms with Crippen molar-refractivity contribution in [2.24, 2.45) is 5.92 Å². The molecule has 2 aliphatic rings. The molecule has 1 atom stereocenters. The van der Waals surface area contributed by atoms with Crippen LogP contribution in [-0.4, -0.2) is 37.1 Å². The van der Waals surface area contributed by atoms with E-state index in [9.17, 15) is 14.4 Å². The number of hydrogen-bond donors (Lipinski definition) is 2. The normalized spacial score (nSPS) is 18.8. The standard InChI is InChI=1S/C20H26N2O6/c23-18(13-27-19(24)11-10-14-6-2-1-3-7-14)21-22-20(25)17-12-26-15-8-4-5-9-16(15)28-17/h4-5,8-9,14,17H,1-3,6-7,10-13H2,(H,21,23)(H,22,25)/t17-/m1/s1. The van der Waals surface area contributed by atoms with E-state index in [0.717, 1.165) is 19.3 Å². The highest BCUT2D eigenvalue weighted by atomic mass is 16.6. The van der Waals surface area contributed by atoms with E-state index in [0.29, 0.717) is 23.8 Å². The molecule has 1 aliphatic heterocycles. The summed E-state index contributed by atoms with van der Waals surface area (Å²) in [6.45, 7) is -0.399. The van der Waals surface area contributed by atoms with E-state index in [4.69, 9.17) is 14.2 Å². The molecule has 2 N–H and O–H groups in total. The highest BCUT2D eigenvalue weighted by Gasteiger charge is 2.27. The van der Waals surface area contributed by atoms with Crippen LogP contribution in [0.15, 0.2) is 24.3 Å². The molecule has 152 valence electrons. The minimum atomic E-state index is -0.881. The zero-order valence-corrected chi connectivity index (χ0v) is 15.8. The number of esters is 1. The van der Waals surface area contributed by atoms with Gasteiger partial charge in [0.15, 0.2) is 18.1 Å². The first-order chi connectivity index (χ1) is 13.6. The highest BCUT2D eigenvalue weighted by molar-refractivity contribution is 5.86. The molecule has 1 heterocycles. The lowest BCUT2D eigenvalue weighted by atomic mass is 9.86. The van der Waals surface area contributed by atoms with Crippen molar-refractivity contribution in [1.29, 1.82) is 0 Å². The number of rotatable bonds is 6. The Balaban J connectivity index is 1.30. The summed E-state index contributed by atoms with van der Waals surface area (Å²) in [5, 5.41) is 0. The summed E-state index contributed by atoms with van der Waals surface area (Å²) in [5.41, 5.74) is 4.47. The van der Waals surface area contributed by atoms with E-state index >= 15 is 0 Å². The molecule has 3 rings (SSSR count). The highest BCUT2D eigenvalue weighted by Crippen LogP contribution is 2.30. The third-order valence-electron chi connectivity index (χ3n) is 4.97. The summed E-state index contributed by atoms with van der Waals surface area (Å²) in [4.78, 5) is 35.6. The number of nitrogens with one attached hydrogen (secondary N) is 2. The average molecular weight is 390 g/mol. The minimum Gasteiger partial charge on any atom is -0.485 e. The lowest BCUT2D eigenvalue weighted by Crippen LogP contribution is -2.51. The fraction of sp³-hybridized carbons (Fsp3) is 0.550. The number of fused-ring (bicyclic) bond motifs is 1. The molecule has 1 fully saturated rings. The van der Waals surface area contributed by atoms with Crippen LogP contribution in [-0.2, 0) is 19.1 Å². The molecular weight excluding hydrogens is 364 g/mol. The number of amides is 2. The average Bonchev–Trinajstić information content (AvgIpc) is 2.75. The maximum absolute atomic E-state index is 12.1. The first-order valence-corrected chi connectivity index (χ1v) is 9.74. The van der Waals surface area contributed by atoms with Gasteiger partial charge in [-0.3, -0.25) is 25.2 Å². The van der Waals surface area contributed by atoms with Crippen molar-refractivity contribution >= 4 is 17.8 Å². The molecule has 1 aliphatic carbocycles. The van der Waals surface area contributed by atoms with Gasteiger partial charge in [0.25, 0.3) is 11.8 Å². The summed E-state index contributed by atoms with van der Waals surface area (Å²) in [6.07, 6.45) is 6.29. The van der Waals surface area contributed by atoms with E-state index in [1.807, 2.05) is 0 Å². The molecule has 0 radical (unpaired) electrons. The van der Waals surface area contributed by atoms with Crippen LogP contribution in [0.5, 0.6) is 11.5 Å². The molecular formula is C20H26N2O6. The quantitative estimate of drug-likeness (QED) is 0.568. The summed E-state index contributed by atoms with van der Waals surface area (Å²) in [7, 11) is 0. The van der Waals surface area contributed by atoms with E-state index < -0.39 is 30.5 Å². The van der Waals surface area contributed by atoms with Gasteiger partial charge in [-0.25, -0.2) is 0 Å². The zero-order chi connectivity index (χ0) is 19.8. The van der Waals surface area contributed by atoms with Gasteiger partial charge < -0.3 is 14.2 Å². The van der Waals surface area contributed by atoms with Crippen molar-refractivity contribution in [3.63, 3.8) is 0 Å². The van der Waals surface area contributed by atoms with Crippen LogP contribution in [0.1, 0.15) is 44.9 Å². The summed E-state index contributed by atoms with van der Waals surface area (Å²) in [6, 6.07) is 7.01. The number of benzene rings is 1. The van der Waals surface area contributed by atoms with Crippen molar-refractivity contribution in [2.45, 2.75) is 51.0 Å². The topological polar surface area (TPSA) is 103 Å². The molecule has 1 aromatic rings. The van der Waals surface area contributed by atoms with E-state index in [-0.39, 0.29) is 6.61 Å². The molecule has 8 heteroatoms. The van der Waals surface area contributed by atoms with Crippen LogP contribution >= 0.6 is 0 Å². The molecule has 0 aromatic heterocycles. The molecule has 0 bridgehead atoms. The van der Waals surface area contributed by atoms with Gasteiger partial charge in [0, 0.05) is 6.42 Å². The van der Waals surface area contributed by atoms with Crippen LogP contribution in [0.2, 0.25) is 0 Å². The first-order valence-electron chi connectivity index (χ1n) is 9.74. The summed E-state index contributed by atoms with van der Waals surface area (Å²) in [5.74, 6) is 0.0516. The predicted molar refractivity (Wildman–Crippen MR) is 99.4 cm³/mol. The van der Waals surface area contributed by atoms with Gasteiger partial charge in [-0.15, -0.1) is 0 Å². The monoisotopic (exact) mass is 390 g/mol. The summed E-state index contributed by atoms with van der Waals surface area (Å²) >= 11 is 0. The Labute approximate surface area is 163 Å². The van der Waals surface area contributed by atoms with Crippen LogP contribution in [0.4, 0.5) is 0 Å². The Morgan fingerprint density at radius 3 is 2.57 bits per heavy atom. The molecule has 0 unspecified atom stereocenters. The molecule has 2 amide bonds. The fourth-order valence-electron chi connectivity index (χ4n) is 3.41. The van der Waals surface area contributed by atoms with Gasteiger partial charge in [0.1, 0.15) is 6.61 Å². The van der Waals surface area contributed by atoms with E-state index in [1.54, 1.807) is 24.3 Å². The molecule has 28 heavy (non-hydrogen) atoms. The van der Waals surface area contributed by atoms with Crippen molar-refractivity contribution < 1.29 is 28.6 Å². The van der Waals surface area contributed by atoms with Crippen molar-refractivity contribution in [1.82, 2.24) is 10.9 Å². The first kappa shape index (κ1) is 20.0. The maximum Gasteiger partial charge on any atom is 0.306 e. The van der Waals surface area contributed by atoms with Gasteiger partial charge in [-0.1, -0.05) is 44.2 Å². The number of para-hydroxylation sites is 2. The number of carbonyl (C=O) groups excluding carboxylic acids is 3. The van der Waals surface area contributed by atoms with Gasteiger partial charge in [-0.2, -0.15) is 0 Å². The fourth-order valence-corrected chi connectivity index (χ4v) is 3.41.